The third-order valence-electron chi connectivity index (χ3n) is 5.36. The van der Waals surface area contributed by atoms with Crippen LogP contribution in [-0.2, 0) is 4.79 Å². The monoisotopic (exact) mass is 429 g/mol. The van der Waals surface area contributed by atoms with Gasteiger partial charge in [0.15, 0.2) is 0 Å². The van der Waals surface area contributed by atoms with Gasteiger partial charge < -0.3 is 19.9 Å². The van der Waals surface area contributed by atoms with Crippen LogP contribution in [0.1, 0.15) is 24.2 Å². The van der Waals surface area contributed by atoms with Crippen LogP contribution in [0.4, 0.5) is 5.69 Å². The molecule has 2 amide bonds. The summed E-state index contributed by atoms with van der Waals surface area (Å²) in [7, 11) is 1.58. The highest BCUT2D eigenvalue weighted by Crippen LogP contribution is 2.26. The number of amides is 2. The number of rotatable bonds is 6. The lowest BCUT2D eigenvalue weighted by molar-refractivity contribution is -0.134. The van der Waals surface area contributed by atoms with E-state index in [1.807, 2.05) is 43.0 Å². The molecule has 2 aromatic rings. The zero-order chi connectivity index (χ0) is 21.7. The van der Waals surface area contributed by atoms with Gasteiger partial charge in [0.1, 0.15) is 11.8 Å². The first-order chi connectivity index (χ1) is 14.4. The summed E-state index contributed by atoms with van der Waals surface area (Å²) >= 11 is 6.31. The molecule has 30 heavy (non-hydrogen) atoms. The lowest BCUT2D eigenvalue weighted by atomic mass is 10.0. The van der Waals surface area contributed by atoms with Crippen LogP contribution in [0.25, 0.3) is 0 Å². The molecule has 0 saturated carbocycles. The van der Waals surface area contributed by atoms with E-state index in [0.717, 1.165) is 5.69 Å². The second-order valence-electron chi connectivity index (χ2n) is 7.69. The van der Waals surface area contributed by atoms with Gasteiger partial charge in [0.2, 0.25) is 5.91 Å². The largest absolute Gasteiger partial charge is 0.497 e. The Morgan fingerprint density at radius 2 is 1.63 bits per heavy atom. The number of para-hydroxylation sites is 1. The summed E-state index contributed by atoms with van der Waals surface area (Å²) in [5.41, 5.74) is 1.48. The highest BCUT2D eigenvalue weighted by molar-refractivity contribution is 6.33. The zero-order valence-electron chi connectivity index (χ0n) is 17.6. The fourth-order valence-electron chi connectivity index (χ4n) is 3.55. The van der Waals surface area contributed by atoms with Crippen molar-refractivity contribution in [2.75, 3.05) is 38.2 Å². The second kappa shape index (κ2) is 9.85. The van der Waals surface area contributed by atoms with E-state index >= 15 is 0 Å². The summed E-state index contributed by atoms with van der Waals surface area (Å²) in [6, 6.07) is 14.0. The van der Waals surface area contributed by atoms with E-state index in [2.05, 4.69) is 10.2 Å². The number of carbonyl (C=O) groups is 2. The second-order valence-corrected chi connectivity index (χ2v) is 8.09. The number of nitrogens with one attached hydrogen (secondary N) is 1. The van der Waals surface area contributed by atoms with E-state index in [-0.39, 0.29) is 17.7 Å². The van der Waals surface area contributed by atoms with E-state index in [9.17, 15) is 9.59 Å². The molecule has 160 valence electrons. The lowest BCUT2D eigenvalue weighted by Crippen LogP contribution is -2.56. The minimum Gasteiger partial charge on any atom is -0.497 e. The minimum absolute atomic E-state index is 0.0266. The number of ether oxygens (including phenoxy) is 1. The SMILES string of the molecule is COc1ccc(C(=O)NC(C(=O)N2CCN(c3ccccc3Cl)CC2)C(C)C)cc1. The molecule has 7 heteroatoms. The summed E-state index contributed by atoms with van der Waals surface area (Å²) in [6.07, 6.45) is 0. The first-order valence-electron chi connectivity index (χ1n) is 10.1. The van der Waals surface area contributed by atoms with Gasteiger partial charge in [-0.15, -0.1) is 0 Å². The number of hydrogen-bond donors (Lipinski definition) is 1. The quantitative estimate of drug-likeness (QED) is 0.764. The topological polar surface area (TPSA) is 61.9 Å². The highest BCUT2D eigenvalue weighted by atomic mass is 35.5. The van der Waals surface area contributed by atoms with Crippen LogP contribution in [0.3, 0.4) is 0 Å². The lowest BCUT2D eigenvalue weighted by Gasteiger charge is -2.38. The number of halogens is 1. The van der Waals surface area contributed by atoms with Crippen LogP contribution >= 0.6 is 11.6 Å². The van der Waals surface area contributed by atoms with Gasteiger partial charge in [-0.25, -0.2) is 0 Å². The summed E-state index contributed by atoms with van der Waals surface area (Å²) in [5, 5.41) is 3.63. The fraction of sp³-hybridized carbons (Fsp3) is 0.391. The molecule has 1 fully saturated rings. The van der Waals surface area contributed by atoms with Crippen molar-refractivity contribution in [3.05, 3.63) is 59.1 Å². The van der Waals surface area contributed by atoms with Gasteiger partial charge >= 0.3 is 0 Å². The summed E-state index contributed by atoms with van der Waals surface area (Å²) in [5.74, 6) is 0.339. The molecule has 1 saturated heterocycles. The molecule has 1 aliphatic heterocycles. The molecule has 1 unspecified atom stereocenters. The van der Waals surface area contributed by atoms with Crippen molar-refractivity contribution >= 4 is 29.1 Å². The highest BCUT2D eigenvalue weighted by Gasteiger charge is 2.31. The van der Waals surface area contributed by atoms with Crippen LogP contribution in [0.2, 0.25) is 5.02 Å². The summed E-state index contributed by atoms with van der Waals surface area (Å²) in [4.78, 5) is 29.9. The molecular formula is C23H28ClN3O3. The van der Waals surface area contributed by atoms with Gasteiger partial charge in [-0.3, -0.25) is 9.59 Å². The van der Waals surface area contributed by atoms with Crippen LogP contribution in [0.5, 0.6) is 5.75 Å². The molecule has 6 nitrogen and oxygen atoms in total. The van der Waals surface area contributed by atoms with Crippen molar-refractivity contribution in [2.45, 2.75) is 19.9 Å². The van der Waals surface area contributed by atoms with Crippen molar-refractivity contribution in [2.24, 2.45) is 5.92 Å². The normalized spacial score (nSPS) is 15.1. The smallest absolute Gasteiger partial charge is 0.251 e. The predicted octanol–water partition coefficient (Wildman–Crippen LogP) is 3.45. The molecule has 0 spiro atoms. The minimum atomic E-state index is -0.577. The van der Waals surface area contributed by atoms with Crippen LogP contribution in [0.15, 0.2) is 48.5 Å². The van der Waals surface area contributed by atoms with Crippen molar-refractivity contribution < 1.29 is 14.3 Å². The number of nitrogens with zero attached hydrogens (tertiary/aromatic N) is 2. The van der Waals surface area contributed by atoms with E-state index < -0.39 is 6.04 Å². The van der Waals surface area contributed by atoms with Crippen LogP contribution in [0, 0.1) is 5.92 Å². The third-order valence-corrected chi connectivity index (χ3v) is 5.68. The molecule has 0 aliphatic carbocycles. The molecule has 0 aromatic heterocycles. The molecule has 3 rings (SSSR count). The first kappa shape index (κ1) is 22.0. The van der Waals surface area contributed by atoms with E-state index in [1.165, 1.54) is 0 Å². The molecule has 1 aliphatic rings. The maximum Gasteiger partial charge on any atom is 0.251 e. The molecule has 1 atom stereocenters. The van der Waals surface area contributed by atoms with Crippen LogP contribution < -0.4 is 15.0 Å². The Morgan fingerprint density at radius 3 is 2.20 bits per heavy atom. The molecule has 2 aromatic carbocycles. The maximum atomic E-state index is 13.2. The van der Waals surface area contributed by atoms with Crippen molar-refractivity contribution in [3.63, 3.8) is 0 Å². The zero-order valence-corrected chi connectivity index (χ0v) is 18.4. The standard InChI is InChI=1S/C23H28ClN3O3/c1-16(2)21(25-22(28)17-8-10-18(30-3)11-9-17)23(29)27-14-12-26(13-15-27)20-7-5-4-6-19(20)24/h4-11,16,21H,12-15H2,1-3H3,(H,25,28). The maximum absolute atomic E-state index is 13.2. The van der Waals surface area contributed by atoms with Gasteiger partial charge in [-0.05, 0) is 42.3 Å². The number of benzene rings is 2. The predicted molar refractivity (Wildman–Crippen MR) is 119 cm³/mol. The summed E-state index contributed by atoms with van der Waals surface area (Å²) in [6.45, 7) is 6.46. The Hall–Kier alpha value is -2.73. The van der Waals surface area contributed by atoms with Gasteiger partial charge in [-0.1, -0.05) is 37.6 Å². The van der Waals surface area contributed by atoms with Crippen molar-refractivity contribution in [3.8, 4) is 5.75 Å². The molecule has 1 heterocycles. The first-order valence-corrected chi connectivity index (χ1v) is 10.5. The Bertz CT molecular complexity index is 878. The number of anilines is 1. The number of methoxy groups -OCH3 is 1. The van der Waals surface area contributed by atoms with Crippen LogP contribution in [-0.4, -0.2) is 56.0 Å². The molecule has 1 N–H and O–H groups in total. The average molecular weight is 430 g/mol. The van der Waals surface area contributed by atoms with Crippen molar-refractivity contribution in [1.29, 1.82) is 0 Å². The van der Waals surface area contributed by atoms with E-state index in [0.29, 0.717) is 42.5 Å². The Morgan fingerprint density at radius 1 is 1.00 bits per heavy atom. The molecular weight excluding hydrogens is 402 g/mol. The molecule has 0 bridgehead atoms. The van der Waals surface area contributed by atoms with Gasteiger partial charge in [0, 0.05) is 31.7 Å². The molecule has 0 radical (unpaired) electrons. The Labute approximate surface area is 182 Å². The van der Waals surface area contributed by atoms with Gasteiger partial charge in [-0.2, -0.15) is 0 Å². The number of hydrogen-bond acceptors (Lipinski definition) is 4. The van der Waals surface area contributed by atoms with Crippen molar-refractivity contribution in [1.82, 2.24) is 10.2 Å². The Balaban J connectivity index is 1.63. The summed E-state index contributed by atoms with van der Waals surface area (Å²) < 4.78 is 5.13. The van der Waals surface area contributed by atoms with E-state index in [4.69, 9.17) is 16.3 Å². The Kier molecular flexibility index (Phi) is 7.21. The van der Waals surface area contributed by atoms with E-state index in [1.54, 1.807) is 31.4 Å². The van der Waals surface area contributed by atoms with Gasteiger partial charge in [0.05, 0.1) is 17.8 Å². The fourth-order valence-corrected chi connectivity index (χ4v) is 3.81. The number of piperazine rings is 1. The third kappa shape index (κ3) is 5.05. The average Bonchev–Trinajstić information content (AvgIpc) is 2.77. The number of carbonyl (C=O) groups excluding carboxylic acids is 2. The van der Waals surface area contributed by atoms with Gasteiger partial charge in [0.25, 0.3) is 5.91 Å².